The molecule has 1 unspecified atom stereocenters. The molecule has 1 aliphatic rings. The molecule has 0 aromatic carbocycles. The van der Waals surface area contributed by atoms with Gasteiger partial charge in [-0.2, -0.15) is 0 Å². The van der Waals surface area contributed by atoms with Crippen molar-refractivity contribution < 1.29 is 0 Å². The minimum atomic E-state index is 0.576. The highest BCUT2D eigenvalue weighted by Crippen LogP contribution is 2.31. The molecule has 1 saturated heterocycles. The maximum atomic E-state index is 5.83. The average molecular weight is 188 g/mol. The van der Waals surface area contributed by atoms with Crippen LogP contribution in [0.2, 0.25) is 4.34 Å². The quantitative estimate of drug-likeness (QED) is 0.713. The summed E-state index contributed by atoms with van der Waals surface area (Å²) >= 11 is 7.52. The molecule has 1 nitrogen and oxygen atoms in total. The van der Waals surface area contributed by atoms with E-state index in [1.54, 1.807) is 11.3 Å². The van der Waals surface area contributed by atoms with Crippen molar-refractivity contribution >= 4 is 22.9 Å². The number of nitrogens with one attached hydrogen (secondary N) is 1. The smallest absolute Gasteiger partial charge is 0.0931 e. The van der Waals surface area contributed by atoms with E-state index in [-0.39, 0.29) is 0 Å². The maximum absolute atomic E-state index is 5.83. The van der Waals surface area contributed by atoms with Crippen LogP contribution in [0.15, 0.2) is 12.1 Å². The Labute approximate surface area is 75.4 Å². The highest BCUT2D eigenvalue weighted by atomic mass is 35.5. The van der Waals surface area contributed by atoms with Crippen molar-refractivity contribution in [2.75, 3.05) is 6.54 Å². The molecular weight excluding hydrogens is 178 g/mol. The van der Waals surface area contributed by atoms with Crippen molar-refractivity contribution in [1.82, 2.24) is 5.32 Å². The molecule has 1 aliphatic heterocycles. The number of halogens is 1. The SMILES string of the molecule is Clc1ccc(C2CCCN2)s1. The lowest BCUT2D eigenvalue weighted by Gasteiger charge is -2.05. The largest absolute Gasteiger partial charge is 0.309 e. The first-order valence-electron chi connectivity index (χ1n) is 3.85. The fraction of sp³-hybridized carbons (Fsp3) is 0.500. The second kappa shape index (κ2) is 3.13. The van der Waals surface area contributed by atoms with Crippen LogP contribution < -0.4 is 5.32 Å². The Balaban J connectivity index is 2.15. The summed E-state index contributed by atoms with van der Waals surface area (Å²) in [6.45, 7) is 1.15. The van der Waals surface area contributed by atoms with Gasteiger partial charge in [-0.05, 0) is 31.5 Å². The molecular formula is C8H10ClNS. The Bertz CT molecular complexity index is 240. The summed E-state index contributed by atoms with van der Waals surface area (Å²) in [5.74, 6) is 0. The lowest BCUT2D eigenvalue weighted by atomic mass is 10.2. The molecule has 3 heteroatoms. The predicted molar refractivity (Wildman–Crippen MR) is 49.3 cm³/mol. The van der Waals surface area contributed by atoms with Crippen molar-refractivity contribution in [1.29, 1.82) is 0 Å². The zero-order valence-electron chi connectivity index (χ0n) is 6.14. The van der Waals surface area contributed by atoms with Gasteiger partial charge in [0.1, 0.15) is 0 Å². The Morgan fingerprint density at radius 1 is 1.55 bits per heavy atom. The monoisotopic (exact) mass is 187 g/mol. The Hall–Kier alpha value is -0.0500. The molecule has 2 heterocycles. The van der Waals surface area contributed by atoms with Gasteiger partial charge < -0.3 is 5.32 Å². The Morgan fingerprint density at radius 2 is 2.45 bits per heavy atom. The first-order valence-corrected chi connectivity index (χ1v) is 5.04. The van der Waals surface area contributed by atoms with E-state index in [0.29, 0.717) is 6.04 Å². The second-order valence-electron chi connectivity index (χ2n) is 2.79. The second-order valence-corrected chi connectivity index (χ2v) is 4.54. The van der Waals surface area contributed by atoms with Crippen molar-refractivity contribution in [2.45, 2.75) is 18.9 Å². The highest BCUT2D eigenvalue weighted by Gasteiger charge is 2.17. The van der Waals surface area contributed by atoms with Crippen LogP contribution in [-0.4, -0.2) is 6.54 Å². The van der Waals surface area contributed by atoms with Crippen LogP contribution in [0.1, 0.15) is 23.8 Å². The van der Waals surface area contributed by atoms with Crippen LogP contribution >= 0.6 is 22.9 Å². The van der Waals surface area contributed by atoms with Gasteiger partial charge in [-0.3, -0.25) is 0 Å². The fourth-order valence-corrected chi connectivity index (χ4v) is 2.61. The molecule has 1 aromatic heterocycles. The molecule has 0 saturated carbocycles. The summed E-state index contributed by atoms with van der Waals surface area (Å²) in [4.78, 5) is 1.38. The van der Waals surface area contributed by atoms with Crippen LogP contribution in [0, 0.1) is 0 Å². The minimum Gasteiger partial charge on any atom is -0.309 e. The number of hydrogen-bond donors (Lipinski definition) is 1. The summed E-state index contributed by atoms with van der Waals surface area (Å²) in [5, 5.41) is 3.44. The maximum Gasteiger partial charge on any atom is 0.0931 e. The van der Waals surface area contributed by atoms with Crippen LogP contribution in [0.5, 0.6) is 0 Å². The van der Waals surface area contributed by atoms with E-state index in [2.05, 4.69) is 11.4 Å². The minimum absolute atomic E-state index is 0.576. The molecule has 1 N–H and O–H groups in total. The molecule has 0 radical (unpaired) electrons. The highest BCUT2D eigenvalue weighted by molar-refractivity contribution is 7.16. The van der Waals surface area contributed by atoms with Crippen LogP contribution in [-0.2, 0) is 0 Å². The molecule has 0 spiro atoms. The average Bonchev–Trinajstić information content (AvgIpc) is 2.55. The van der Waals surface area contributed by atoms with Gasteiger partial charge in [-0.25, -0.2) is 0 Å². The number of rotatable bonds is 1. The lowest BCUT2D eigenvalue weighted by molar-refractivity contribution is 0.660. The zero-order valence-corrected chi connectivity index (χ0v) is 7.71. The van der Waals surface area contributed by atoms with E-state index in [1.807, 2.05) is 6.07 Å². The van der Waals surface area contributed by atoms with Gasteiger partial charge in [-0.1, -0.05) is 11.6 Å². The molecule has 0 amide bonds. The van der Waals surface area contributed by atoms with Gasteiger partial charge in [0.25, 0.3) is 0 Å². The molecule has 0 bridgehead atoms. The summed E-state index contributed by atoms with van der Waals surface area (Å²) in [5.41, 5.74) is 0. The van der Waals surface area contributed by atoms with Gasteiger partial charge in [0.15, 0.2) is 0 Å². The topological polar surface area (TPSA) is 12.0 Å². The Kier molecular flexibility index (Phi) is 2.16. The van der Waals surface area contributed by atoms with Gasteiger partial charge in [0, 0.05) is 10.9 Å². The van der Waals surface area contributed by atoms with E-state index in [0.717, 1.165) is 10.9 Å². The van der Waals surface area contributed by atoms with Crippen molar-refractivity contribution in [3.63, 3.8) is 0 Å². The molecule has 1 atom stereocenters. The summed E-state index contributed by atoms with van der Waals surface area (Å²) in [6.07, 6.45) is 2.55. The van der Waals surface area contributed by atoms with E-state index >= 15 is 0 Å². The van der Waals surface area contributed by atoms with E-state index in [9.17, 15) is 0 Å². The van der Waals surface area contributed by atoms with Gasteiger partial charge in [0.2, 0.25) is 0 Å². The molecule has 11 heavy (non-hydrogen) atoms. The summed E-state index contributed by atoms with van der Waals surface area (Å²) in [6, 6.07) is 4.67. The molecule has 0 aliphatic carbocycles. The third kappa shape index (κ3) is 1.58. The molecule has 1 aromatic rings. The van der Waals surface area contributed by atoms with Crippen LogP contribution in [0.25, 0.3) is 0 Å². The third-order valence-electron chi connectivity index (χ3n) is 2.00. The van der Waals surface area contributed by atoms with Crippen molar-refractivity contribution in [3.05, 3.63) is 21.3 Å². The molecule has 1 fully saturated rings. The van der Waals surface area contributed by atoms with Gasteiger partial charge >= 0.3 is 0 Å². The van der Waals surface area contributed by atoms with Crippen molar-refractivity contribution in [3.8, 4) is 0 Å². The van der Waals surface area contributed by atoms with Crippen LogP contribution in [0.3, 0.4) is 0 Å². The molecule has 2 rings (SSSR count). The van der Waals surface area contributed by atoms with E-state index in [1.165, 1.54) is 17.7 Å². The first-order chi connectivity index (χ1) is 5.36. The predicted octanol–water partition coefficient (Wildman–Crippen LogP) is 2.83. The first kappa shape index (κ1) is 7.59. The number of thiophene rings is 1. The third-order valence-corrected chi connectivity index (χ3v) is 3.34. The lowest BCUT2D eigenvalue weighted by Crippen LogP contribution is -2.11. The summed E-state index contributed by atoms with van der Waals surface area (Å²) in [7, 11) is 0. The fourth-order valence-electron chi connectivity index (χ4n) is 1.44. The summed E-state index contributed by atoms with van der Waals surface area (Å²) < 4.78 is 0.897. The van der Waals surface area contributed by atoms with Gasteiger partial charge in [0.05, 0.1) is 4.34 Å². The van der Waals surface area contributed by atoms with Crippen LogP contribution in [0.4, 0.5) is 0 Å². The zero-order chi connectivity index (χ0) is 7.68. The normalized spacial score (nSPS) is 24.3. The Morgan fingerprint density at radius 3 is 3.00 bits per heavy atom. The molecule has 60 valence electrons. The standard InChI is InChI=1S/C8H10ClNS/c9-8-4-3-7(11-8)6-2-1-5-10-6/h3-4,6,10H,1-2,5H2. The van der Waals surface area contributed by atoms with E-state index < -0.39 is 0 Å². The van der Waals surface area contributed by atoms with Crippen molar-refractivity contribution in [2.24, 2.45) is 0 Å². The number of hydrogen-bond acceptors (Lipinski definition) is 2. The van der Waals surface area contributed by atoms with Gasteiger partial charge in [-0.15, -0.1) is 11.3 Å². The van der Waals surface area contributed by atoms with E-state index in [4.69, 9.17) is 11.6 Å².